The van der Waals surface area contributed by atoms with E-state index in [-0.39, 0.29) is 5.41 Å². The summed E-state index contributed by atoms with van der Waals surface area (Å²) < 4.78 is 0. The van der Waals surface area contributed by atoms with Crippen molar-refractivity contribution in [1.82, 2.24) is 0 Å². The molecular weight excluding hydrogens is 314 g/mol. The summed E-state index contributed by atoms with van der Waals surface area (Å²) in [6.07, 6.45) is 0. The average molecular weight is 341 g/mol. The summed E-state index contributed by atoms with van der Waals surface area (Å²) in [5, 5.41) is 3.56. The van der Waals surface area contributed by atoms with E-state index in [0.717, 1.165) is 11.4 Å². The van der Waals surface area contributed by atoms with Gasteiger partial charge < -0.3 is 5.32 Å². The molecule has 0 aliphatic heterocycles. The molecular formula is C25H27N. The first-order valence-electron chi connectivity index (χ1n) is 9.49. The van der Waals surface area contributed by atoms with Crippen molar-refractivity contribution in [2.75, 3.05) is 5.32 Å². The number of hydrogen-bond donors (Lipinski definition) is 1. The van der Waals surface area contributed by atoms with Gasteiger partial charge in [0.1, 0.15) is 0 Å². The second-order valence-corrected chi connectivity index (χ2v) is 8.34. The third-order valence-corrected chi connectivity index (χ3v) is 5.71. The summed E-state index contributed by atoms with van der Waals surface area (Å²) in [6.45, 7) is 11.3. The van der Waals surface area contributed by atoms with Crippen LogP contribution in [-0.2, 0) is 5.41 Å². The van der Waals surface area contributed by atoms with Crippen LogP contribution in [0.25, 0.3) is 11.1 Å². The molecule has 0 aromatic heterocycles. The van der Waals surface area contributed by atoms with Gasteiger partial charge in [0.05, 0.1) is 0 Å². The fraction of sp³-hybridized carbons (Fsp3) is 0.280. The van der Waals surface area contributed by atoms with Crippen molar-refractivity contribution in [3.63, 3.8) is 0 Å². The lowest BCUT2D eigenvalue weighted by molar-refractivity contribution is 0.660. The number of anilines is 2. The molecule has 0 amide bonds. The molecule has 3 aromatic rings. The van der Waals surface area contributed by atoms with E-state index < -0.39 is 0 Å². The van der Waals surface area contributed by atoms with Crippen LogP contribution < -0.4 is 5.32 Å². The van der Waals surface area contributed by atoms with Crippen LogP contribution >= 0.6 is 0 Å². The van der Waals surface area contributed by atoms with Gasteiger partial charge in [-0.2, -0.15) is 0 Å². The van der Waals surface area contributed by atoms with Crippen LogP contribution in [0.3, 0.4) is 0 Å². The first-order chi connectivity index (χ1) is 12.4. The van der Waals surface area contributed by atoms with Crippen molar-refractivity contribution in [2.45, 2.75) is 46.0 Å². The summed E-state index contributed by atoms with van der Waals surface area (Å²) in [7, 11) is 0. The highest BCUT2D eigenvalue weighted by molar-refractivity contribution is 5.84. The Hall–Kier alpha value is -2.54. The molecule has 1 aliphatic carbocycles. The number of rotatable bonds is 3. The number of benzene rings is 3. The van der Waals surface area contributed by atoms with E-state index in [2.05, 4.69) is 101 Å². The highest BCUT2D eigenvalue weighted by atomic mass is 14.9. The predicted octanol–water partition coefficient (Wildman–Crippen LogP) is 7.17. The van der Waals surface area contributed by atoms with Crippen molar-refractivity contribution < 1.29 is 0 Å². The van der Waals surface area contributed by atoms with Gasteiger partial charge in [-0.05, 0) is 64.9 Å². The standard InChI is InChI=1S/C25H27N/c1-16(2)18-8-12-23-21(14-18)22-15-20(11-13-24(22)25(23,4)5)26-19-9-6-17(3)7-10-19/h6-16,26H,1-5H3. The second kappa shape index (κ2) is 6.02. The largest absolute Gasteiger partial charge is 0.356 e. The van der Waals surface area contributed by atoms with Crippen molar-refractivity contribution in [2.24, 2.45) is 0 Å². The van der Waals surface area contributed by atoms with Gasteiger partial charge in [0, 0.05) is 16.8 Å². The quantitative estimate of drug-likeness (QED) is 0.532. The molecule has 26 heavy (non-hydrogen) atoms. The van der Waals surface area contributed by atoms with Gasteiger partial charge >= 0.3 is 0 Å². The molecule has 0 atom stereocenters. The monoisotopic (exact) mass is 341 g/mol. The van der Waals surface area contributed by atoms with Crippen molar-refractivity contribution in [3.05, 3.63) is 82.9 Å². The lowest BCUT2D eigenvalue weighted by Crippen LogP contribution is -2.14. The summed E-state index contributed by atoms with van der Waals surface area (Å²) in [5.74, 6) is 0.543. The Morgan fingerprint density at radius 1 is 0.731 bits per heavy atom. The fourth-order valence-corrected chi connectivity index (χ4v) is 4.03. The van der Waals surface area contributed by atoms with Gasteiger partial charge in [-0.3, -0.25) is 0 Å². The molecule has 4 rings (SSSR count). The van der Waals surface area contributed by atoms with Crippen LogP contribution in [0, 0.1) is 6.92 Å². The van der Waals surface area contributed by atoms with E-state index in [1.165, 1.54) is 33.4 Å². The molecule has 0 heterocycles. The summed E-state index contributed by atoms with van der Waals surface area (Å²) in [4.78, 5) is 0. The van der Waals surface area contributed by atoms with Crippen LogP contribution in [0.5, 0.6) is 0 Å². The minimum absolute atomic E-state index is 0.0581. The zero-order valence-corrected chi connectivity index (χ0v) is 16.4. The third kappa shape index (κ3) is 2.72. The summed E-state index contributed by atoms with van der Waals surface area (Å²) >= 11 is 0. The third-order valence-electron chi connectivity index (χ3n) is 5.71. The van der Waals surface area contributed by atoms with Crippen LogP contribution in [0.15, 0.2) is 60.7 Å². The van der Waals surface area contributed by atoms with E-state index in [9.17, 15) is 0 Å². The Kier molecular flexibility index (Phi) is 3.91. The SMILES string of the molecule is Cc1ccc(Nc2ccc3c(c2)-c2cc(C(C)C)ccc2C3(C)C)cc1. The van der Waals surface area contributed by atoms with Crippen LogP contribution in [0.2, 0.25) is 0 Å². The normalized spacial score (nSPS) is 14.2. The fourth-order valence-electron chi connectivity index (χ4n) is 4.03. The highest BCUT2D eigenvalue weighted by Gasteiger charge is 2.35. The molecule has 0 saturated carbocycles. The van der Waals surface area contributed by atoms with E-state index in [4.69, 9.17) is 0 Å². The molecule has 0 fully saturated rings. The van der Waals surface area contributed by atoms with Gasteiger partial charge in [0.15, 0.2) is 0 Å². The van der Waals surface area contributed by atoms with Gasteiger partial charge in [-0.25, -0.2) is 0 Å². The molecule has 0 bridgehead atoms. The maximum atomic E-state index is 3.56. The Labute approximate surface area is 157 Å². The number of aryl methyl sites for hydroxylation is 1. The number of fused-ring (bicyclic) bond motifs is 3. The topological polar surface area (TPSA) is 12.0 Å². The molecule has 0 spiro atoms. The van der Waals surface area contributed by atoms with E-state index >= 15 is 0 Å². The maximum Gasteiger partial charge on any atom is 0.0390 e. The maximum absolute atomic E-state index is 3.56. The minimum Gasteiger partial charge on any atom is -0.356 e. The van der Waals surface area contributed by atoms with E-state index in [1.54, 1.807) is 0 Å². The smallest absolute Gasteiger partial charge is 0.0390 e. The molecule has 1 aliphatic rings. The Morgan fingerprint density at radius 3 is 1.96 bits per heavy atom. The first-order valence-corrected chi connectivity index (χ1v) is 9.49. The lowest BCUT2D eigenvalue weighted by Gasteiger charge is -2.22. The minimum atomic E-state index is 0.0581. The zero-order chi connectivity index (χ0) is 18.5. The van der Waals surface area contributed by atoms with Crippen LogP contribution in [-0.4, -0.2) is 0 Å². The van der Waals surface area contributed by atoms with Crippen LogP contribution in [0.4, 0.5) is 11.4 Å². The van der Waals surface area contributed by atoms with Gasteiger partial charge in [0.2, 0.25) is 0 Å². The van der Waals surface area contributed by atoms with E-state index in [0.29, 0.717) is 5.92 Å². The van der Waals surface area contributed by atoms with Gasteiger partial charge in [-0.15, -0.1) is 0 Å². The summed E-state index contributed by atoms with van der Waals surface area (Å²) in [6, 6.07) is 22.4. The first kappa shape index (κ1) is 16.9. The van der Waals surface area contributed by atoms with Crippen LogP contribution in [0.1, 0.15) is 55.9 Å². The molecule has 1 N–H and O–H groups in total. The number of hydrogen-bond acceptors (Lipinski definition) is 1. The average Bonchev–Trinajstić information content (AvgIpc) is 2.84. The molecule has 1 nitrogen and oxygen atoms in total. The lowest BCUT2D eigenvalue weighted by atomic mass is 9.82. The van der Waals surface area contributed by atoms with Gasteiger partial charge in [0.25, 0.3) is 0 Å². The molecule has 1 heteroatoms. The number of nitrogens with one attached hydrogen (secondary N) is 1. The molecule has 132 valence electrons. The van der Waals surface area contributed by atoms with Crippen molar-refractivity contribution in [3.8, 4) is 11.1 Å². The summed E-state index contributed by atoms with van der Waals surface area (Å²) in [5.41, 5.74) is 10.6. The van der Waals surface area contributed by atoms with Gasteiger partial charge in [-0.1, -0.05) is 69.7 Å². The Morgan fingerprint density at radius 2 is 1.31 bits per heavy atom. The molecule has 3 aromatic carbocycles. The highest BCUT2D eigenvalue weighted by Crippen LogP contribution is 2.50. The van der Waals surface area contributed by atoms with Crippen molar-refractivity contribution >= 4 is 11.4 Å². The second-order valence-electron chi connectivity index (χ2n) is 8.34. The van der Waals surface area contributed by atoms with E-state index in [1.807, 2.05) is 0 Å². The predicted molar refractivity (Wildman–Crippen MR) is 113 cm³/mol. The molecule has 0 radical (unpaired) electrons. The van der Waals surface area contributed by atoms with Crippen molar-refractivity contribution in [1.29, 1.82) is 0 Å². The Balaban J connectivity index is 1.78. The zero-order valence-electron chi connectivity index (χ0n) is 16.4. The molecule has 0 unspecified atom stereocenters. The Bertz CT molecular complexity index is 962. The molecule has 0 saturated heterocycles.